The van der Waals surface area contributed by atoms with Crippen molar-refractivity contribution >= 4 is 23.3 Å². The summed E-state index contributed by atoms with van der Waals surface area (Å²) in [5.74, 6) is -0.229. The van der Waals surface area contributed by atoms with Crippen LogP contribution in [-0.2, 0) is 11.0 Å². The number of hydrogen-bond acceptors (Lipinski definition) is 3. The van der Waals surface area contributed by atoms with E-state index in [0.29, 0.717) is 5.82 Å². The molecule has 124 valence electrons. The minimum Gasteiger partial charge on any atom is -0.309 e. The van der Waals surface area contributed by atoms with Crippen molar-refractivity contribution in [3.63, 3.8) is 0 Å². The second-order valence-electron chi connectivity index (χ2n) is 5.07. The van der Waals surface area contributed by atoms with Gasteiger partial charge in [0.1, 0.15) is 11.9 Å². The summed E-state index contributed by atoms with van der Waals surface area (Å²) in [5.41, 5.74) is -0.246. The first-order chi connectivity index (χ1) is 10.6. The van der Waals surface area contributed by atoms with Crippen LogP contribution in [0.1, 0.15) is 29.9 Å². The highest BCUT2D eigenvalue weighted by atomic mass is 35.5. The van der Waals surface area contributed by atoms with E-state index in [9.17, 15) is 18.0 Å². The highest BCUT2D eigenvalue weighted by Crippen LogP contribution is 2.36. The molecule has 9 heteroatoms. The summed E-state index contributed by atoms with van der Waals surface area (Å²) in [6, 6.07) is 2.42. The van der Waals surface area contributed by atoms with Gasteiger partial charge in [0.05, 0.1) is 10.7 Å². The van der Waals surface area contributed by atoms with Crippen molar-refractivity contribution in [2.75, 3.05) is 5.32 Å². The van der Waals surface area contributed by atoms with Gasteiger partial charge >= 0.3 is 6.18 Å². The number of anilines is 1. The van der Waals surface area contributed by atoms with Crippen molar-refractivity contribution in [3.8, 4) is 0 Å². The molecule has 23 heavy (non-hydrogen) atoms. The van der Waals surface area contributed by atoms with E-state index in [1.54, 1.807) is 12.1 Å². The van der Waals surface area contributed by atoms with Gasteiger partial charge < -0.3 is 5.32 Å². The number of pyridine rings is 1. The fraction of sp³-hybridized carbons (Fsp3) is 0.357. The molecule has 2 heterocycles. The van der Waals surface area contributed by atoms with Gasteiger partial charge in [-0.05, 0) is 38.5 Å². The van der Waals surface area contributed by atoms with Crippen molar-refractivity contribution in [1.29, 1.82) is 0 Å². The molecule has 0 saturated heterocycles. The van der Waals surface area contributed by atoms with Crippen LogP contribution >= 0.6 is 11.6 Å². The number of carbonyl (C=O) groups excluding carboxylic acids is 1. The van der Waals surface area contributed by atoms with Crippen molar-refractivity contribution in [3.05, 3.63) is 40.3 Å². The van der Waals surface area contributed by atoms with E-state index in [0.717, 1.165) is 10.2 Å². The second-order valence-corrected chi connectivity index (χ2v) is 5.45. The Morgan fingerprint density at radius 1 is 1.39 bits per heavy atom. The van der Waals surface area contributed by atoms with Crippen LogP contribution in [0.15, 0.2) is 18.3 Å². The first kappa shape index (κ1) is 17.3. The molecule has 5 nitrogen and oxygen atoms in total. The molecule has 2 aromatic heterocycles. The van der Waals surface area contributed by atoms with Crippen molar-refractivity contribution in [1.82, 2.24) is 14.8 Å². The zero-order chi connectivity index (χ0) is 17.4. The molecular weight excluding hydrogens is 333 g/mol. The number of rotatable bonds is 3. The molecule has 0 aliphatic carbocycles. The molecule has 0 radical (unpaired) electrons. The molecule has 0 aliphatic heterocycles. The second kappa shape index (κ2) is 6.19. The summed E-state index contributed by atoms with van der Waals surface area (Å²) in [6.45, 7) is 4.63. The van der Waals surface area contributed by atoms with Crippen molar-refractivity contribution in [2.45, 2.75) is 33.0 Å². The average molecular weight is 347 g/mol. The van der Waals surface area contributed by atoms with E-state index in [4.69, 9.17) is 11.6 Å². The Labute approximate surface area is 135 Å². The first-order valence-electron chi connectivity index (χ1n) is 6.66. The van der Waals surface area contributed by atoms with Gasteiger partial charge in [0.25, 0.3) is 0 Å². The number of nitrogens with zero attached hydrogens (tertiary/aromatic N) is 3. The van der Waals surface area contributed by atoms with Gasteiger partial charge in [-0.25, -0.2) is 4.98 Å². The van der Waals surface area contributed by atoms with Crippen LogP contribution in [0.4, 0.5) is 19.0 Å². The third-order valence-corrected chi connectivity index (χ3v) is 3.71. The van der Waals surface area contributed by atoms with Crippen LogP contribution in [0.3, 0.4) is 0 Å². The summed E-state index contributed by atoms with van der Waals surface area (Å²) in [6.07, 6.45) is -3.16. The average Bonchev–Trinajstić information content (AvgIpc) is 2.74. The molecule has 1 atom stereocenters. The minimum absolute atomic E-state index is 0.0684. The fourth-order valence-corrected chi connectivity index (χ4v) is 2.23. The van der Waals surface area contributed by atoms with Gasteiger partial charge in [0, 0.05) is 6.20 Å². The van der Waals surface area contributed by atoms with Crippen LogP contribution in [0.5, 0.6) is 0 Å². The molecule has 0 aromatic carbocycles. The topological polar surface area (TPSA) is 59.8 Å². The summed E-state index contributed by atoms with van der Waals surface area (Å²) >= 11 is 5.68. The number of nitrogens with one attached hydrogen (secondary N) is 1. The van der Waals surface area contributed by atoms with E-state index in [2.05, 4.69) is 15.4 Å². The number of hydrogen-bond donors (Lipinski definition) is 1. The number of halogens is 4. The maximum atomic E-state index is 12.8. The Kier molecular flexibility index (Phi) is 4.65. The summed E-state index contributed by atoms with van der Waals surface area (Å²) in [7, 11) is 0. The molecule has 1 amide bonds. The van der Waals surface area contributed by atoms with E-state index >= 15 is 0 Å². The predicted molar refractivity (Wildman–Crippen MR) is 79.3 cm³/mol. The maximum Gasteiger partial charge on any atom is 0.436 e. The molecule has 0 aliphatic rings. The highest BCUT2D eigenvalue weighted by molar-refractivity contribution is 6.32. The van der Waals surface area contributed by atoms with Crippen LogP contribution < -0.4 is 5.32 Å². The van der Waals surface area contributed by atoms with E-state index < -0.39 is 28.8 Å². The summed E-state index contributed by atoms with van der Waals surface area (Å²) < 4.78 is 39.4. The number of amides is 1. The Bertz CT molecular complexity index is 742. The number of alkyl halides is 3. The molecule has 0 unspecified atom stereocenters. The van der Waals surface area contributed by atoms with Gasteiger partial charge in [-0.3, -0.25) is 9.48 Å². The molecule has 0 saturated carbocycles. The van der Waals surface area contributed by atoms with Crippen LogP contribution in [0.25, 0.3) is 0 Å². The third kappa shape index (κ3) is 3.64. The predicted octanol–water partition coefficient (Wildman–Crippen LogP) is 3.77. The van der Waals surface area contributed by atoms with E-state index in [-0.39, 0.29) is 5.69 Å². The van der Waals surface area contributed by atoms with Crippen molar-refractivity contribution in [2.24, 2.45) is 0 Å². The summed E-state index contributed by atoms with van der Waals surface area (Å²) in [5, 5.41) is 5.47. The maximum absolute atomic E-state index is 12.8. The Morgan fingerprint density at radius 2 is 2.04 bits per heavy atom. The standard InChI is InChI=1S/C14H14ClF3N4O/c1-7-4-5-19-10(6-7)20-13(23)9(3)22-8(2)11(15)12(21-22)14(16,17)18/h4-6,9H,1-3H3,(H,19,20,23)/t9-/m0/s1. The lowest BCUT2D eigenvalue weighted by Gasteiger charge is -2.14. The molecule has 0 bridgehead atoms. The third-order valence-electron chi connectivity index (χ3n) is 3.26. The SMILES string of the molecule is Cc1ccnc(NC(=O)[C@H](C)n2nc(C(F)(F)F)c(Cl)c2C)c1. The largest absolute Gasteiger partial charge is 0.436 e. The molecule has 2 rings (SSSR count). The minimum atomic E-state index is -4.68. The molecule has 0 fully saturated rings. The smallest absolute Gasteiger partial charge is 0.309 e. The lowest BCUT2D eigenvalue weighted by molar-refractivity contribution is -0.141. The molecule has 1 N–H and O–H groups in total. The van der Waals surface area contributed by atoms with E-state index in [1.807, 2.05) is 6.92 Å². The number of carbonyl (C=O) groups is 1. The van der Waals surface area contributed by atoms with Gasteiger partial charge in [0.2, 0.25) is 5.91 Å². The van der Waals surface area contributed by atoms with Crippen LogP contribution in [0, 0.1) is 13.8 Å². The van der Waals surface area contributed by atoms with Gasteiger partial charge in [0.15, 0.2) is 5.69 Å². The van der Waals surface area contributed by atoms with Gasteiger partial charge in [-0.2, -0.15) is 18.3 Å². The van der Waals surface area contributed by atoms with Crippen molar-refractivity contribution < 1.29 is 18.0 Å². The fourth-order valence-electron chi connectivity index (χ4n) is 2.00. The quantitative estimate of drug-likeness (QED) is 0.920. The lowest BCUT2D eigenvalue weighted by Crippen LogP contribution is -2.26. The van der Waals surface area contributed by atoms with Crippen LogP contribution in [0.2, 0.25) is 5.02 Å². The number of aryl methyl sites for hydroxylation is 1. The summed E-state index contributed by atoms with van der Waals surface area (Å²) in [4.78, 5) is 16.2. The zero-order valence-electron chi connectivity index (χ0n) is 12.6. The highest BCUT2D eigenvalue weighted by Gasteiger charge is 2.39. The molecule has 0 spiro atoms. The number of aromatic nitrogens is 3. The monoisotopic (exact) mass is 346 g/mol. The lowest BCUT2D eigenvalue weighted by atomic mass is 10.2. The Morgan fingerprint density at radius 3 is 2.57 bits per heavy atom. The first-order valence-corrected chi connectivity index (χ1v) is 7.04. The van der Waals surface area contributed by atoms with Gasteiger partial charge in [-0.1, -0.05) is 11.6 Å². The Hall–Kier alpha value is -2.09. The van der Waals surface area contributed by atoms with Gasteiger partial charge in [-0.15, -0.1) is 0 Å². The van der Waals surface area contributed by atoms with Crippen LogP contribution in [-0.4, -0.2) is 20.7 Å². The molecule has 2 aromatic rings. The zero-order valence-corrected chi connectivity index (χ0v) is 13.3. The Balaban J connectivity index is 2.26. The molecular formula is C14H14ClF3N4O. The van der Waals surface area contributed by atoms with E-state index in [1.165, 1.54) is 20.0 Å². The normalized spacial score (nSPS) is 13.0.